The summed E-state index contributed by atoms with van der Waals surface area (Å²) in [6.45, 7) is 2.14. The van der Waals surface area contributed by atoms with Crippen molar-refractivity contribution in [2.45, 2.75) is 51.5 Å². The van der Waals surface area contributed by atoms with E-state index in [4.69, 9.17) is 12.2 Å². The third-order valence-electron chi connectivity index (χ3n) is 5.08. The Balaban J connectivity index is 1.74. The van der Waals surface area contributed by atoms with E-state index in [0.717, 1.165) is 17.0 Å². The molecule has 5 heteroatoms. The molecule has 0 spiro atoms. The largest absolute Gasteiger partial charge is 0.358 e. The SMILES string of the molecule is Cc1[nH]c2ccccc2c1Cc1n[nH]c(=S)n1C1CCCCC1. The van der Waals surface area contributed by atoms with Crippen LogP contribution in [0.4, 0.5) is 0 Å². The van der Waals surface area contributed by atoms with Gasteiger partial charge < -0.3 is 9.55 Å². The van der Waals surface area contributed by atoms with Crippen molar-refractivity contribution < 1.29 is 0 Å². The van der Waals surface area contributed by atoms with Crippen molar-refractivity contribution in [3.63, 3.8) is 0 Å². The van der Waals surface area contributed by atoms with Crippen molar-refractivity contribution in [3.8, 4) is 0 Å². The molecule has 0 atom stereocenters. The lowest BCUT2D eigenvalue weighted by Crippen LogP contribution is -2.16. The fourth-order valence-corrected chi connectivity index (χ4v) is 4.20. The number of aromatic amines is 2. The Kier molecular flexibility index (Phi) is 3.81. The zero-order chi connectivity index (χ0) is 15.8. The Morgan fingerprint density at radius 3 is 2.83 bits per heavy atom. The molecule has 0 bridgehead atoms. The highest BCUT2D eigenvalue weighted by Gasteiger charge is 2.21. The number of aromatic nitrogens is 4. The van der Waals surface area contributed by atoms with Crippen LogP contribution in [0.5, 0.6) is 0 Å². The van der Waals surface area contributed by atoms with E-state index in [9.17, 15) is 0 Å². The Bertz CT molecular complexity index is 880. The lowest BCUT2D eigenvalue weighted by Gasteiger charge is -2.24. The van der Waals surface area contributed by atoms with E-state index in [1.807, 2.05) is 0 Å². The predicted octanol–water partition coefficient (Wildman–Crippen LogP) is 4.83. The smallest absolute Gasteiger partial charge is 0.195 e. The quantitative estimate of drug-likeness (QED) is 0.678. The van der Waals surface area contributed by atoms with E-state index in [-0.39, 0.29) is 0 Å². The number of hydrogen-bond acceptors (Lipinski definition) is 2. The second kappa shape index (κ2) is 5.96. The first-order valence-electron chi connectivity index (χ1n) is 8.46. The van der Waals surface area contributed by atoms with E-state index >= 15 is 0 Å². The molecule has 2 aromatic heterocycles. The van der Waals surface area contributed by atoms with Crippen LogP contribution in [0.3, 0.4) is 0 Å². The summed E-state index contributed by atoms with van der Waals surface area (Å²) in [4.78, 5) is 3.48. The molecular formula is C18H22N4S. The minimum Gasteiger partial charge on any atom is -0.358 e. The maximum absolute atomic E-state index is 5.52. The van der Waals surface area contributed by atoms with Gasteiger partial charge in [-0.1, -0.05) is 37.5 Å². The zero-order valence-electron chi connectivity index (χ0n) is 13.4. The second-order valence-corrected chi connectivity index (χ2v) is 6.94. The van der Waals surface area contributed by atoms with Crippen molar-refractivity contribution >= 4 is 23.1 Å². The molecule has 0 radical (unpaired) electrons. The highest BCUT2D eigenvalue weighted by molar-refractivity contribution is 7.71. The Hall–Kier alpha value is -1.88. The lowest BCUT2D eigenvalue weighted by atomic mass is 9.95. The number of nitrogens with one attached hydrogen (secondary N) is 2. The molecule has 120 valence electrons. The van der Waals surface area contributed by atoms with Crippen LogP contribution in [-0.4, -0.2) is 19.7 Å². The van der Waals surface area contributed by atoms with Crippen molar-refractivity contribution in [1.29, 1.82) is 0 Å². The maximum Gasteiger partial charge on any atom is 0.195 e. The number of rotatable bonds is 3. The van der Waals surface area contributed by atoms with Gasteiger partial charge in [0.2, 0.25) is 0 Å². The van der Waals surface area contributed by atoms with Crippen LogP contribution >= 0.6 is 12.2 Å². The van der Waals surface area contributed by atoms with Gasteiger partial charge in [-0.15, -0.1) is 0 Å². The molecule has 0 saturated heterocycles. The van der Waals surface area contributed by atoms with Crippen LogP contribution in [-0.2, 0) is 6.42 Å². The van der Waals surface area contributed by atoms with Gasteiger partial charge in [-0.3, -0.25) is 5.10 Å². The van der Waals surface area contributed by atoms with E-state index < -0.39 is 0 Å². The topological polar surface area (TPSA) is 49.4 Å². The molecule has 1 aromatic carbocycles. The summed E-state index contributed by atoms with van der Waals surface area (Å²) in [5, 5.41) is 8.85. The Morgan fingerprint density at radius 1 is 1.22 bits per heavy atom. The standard InChI is InChI=1S/C18H22N4S/c1-12-15(14-9-5-6-10-16(14)19-12)11-17-20-21-18(23)22(17)13-7-3-2-4-8-13/h5-6,9-10,13,19H,2-4,7-8,11H2,1H3,(H,21,23). The van der Waals surface area contributed by atoms with E-state index in [0.29, 0.717) is 6.04 Å². The molecule has 4 nitrogen and oxygen atoms in total. The molecule has 0 unspecified atom stereocenters. The predicted molar refractivity (Wildman–Crippen MR) is 95.4 cm³/mol. The van der Waals surface area contributed by atoms with Gasteiger partial charge in [0.1, 0.15) is 5.82 Å². The van der Waals surface area contributed by atoms with Gasteiger partial charge in [0.15, 0.2) is 4.77 Å². The molecule has 23 heavy (non-hydrogen) atoms. The van der Waals surface area contributed by atoms with Gasteiger partial charge in [-0.05, 0) is 43.6 Å². The van der Waals surface area contributed by atoms with Gasteiger partial charge in [-0.2, -0.15) is 5.10 Å². The van der Waals surface area contributed by atoms with Crippen LogP contribution in [0.25, 0.3) is 10.9 Å². The highest BCUT2D eigenvalue weighted by atomic mass is 32.1. The molecule has 1 fully saturated rings. The molecule has 1 aliphatic rings. The molecule has 1 saturated carbocycles. The van der Waals surface area contributed by atoms with Crippen LogP contribution in [0.1, 0.15) is 55.2 Å². The fourth-order valence-electron chi connectivity index (χ4n) is 3.90. The molecule has 0 aliphatic heterocycles. The van der Waals surface area contributed by atoms with Gasteiger partial charge >= 0.3 is 0 Å². The third kappa shape index (κ3) is 2.63. The first kappa shape index (κ1) is 14.7. The summed E-state index contributed by atoms with van der Waals surface area (Å²) in [5.41, 5.74) is 3.74. The number of hydrogen-bond donors (Lipinski definition) is 2. The van der Waals surface area contributed by atoms with Crippen LogP contribution in [0, 0.1) is 11.7 Å². The van der Waals surface area contributed by atoms with Crippen LogP contribution in [0.2, 0.25) is 0 Å². The number of benzene rings is 1. The Labute approximate surface area is 140 Å². The summed E-state index contributed by atoms with van der Waals surface area (Å²) in [5.74, 6) is 1.06. The van der Waals surface area contributed by atoms with E-state index in [1.165, 1.54) is 54.3 Å². The number of H-pyrrole nitrogens is 2. The third-order valence-corrected chi connectivity index (χ3v) is 5.37. The normalized spacial score (nSPS) is 16.2. The van der Waals surface area contributed by atoms with Crippen LogP contribution < -0.4 is 0 Å². The van der Waals surface area contributed by atoms with E-state index in [1.54, 1.807) is 0 Å². The molecule has 4 rings (SSSR count). The molecular weight excluding hydrogens is 304 g/mol. The first-order chi connectivity index (χ1) is 11.2. The summed E-state index contributed by atoms with van der Waals surface area (Å²) < 4.78 is 3.04. The number of aryl methyl sites for hydroxylation is 1. The summed E-state index contributed by atoms with van der Waals surface area (Å²) in [7, 11) is 0. The monoisotopic (exact) mass is 326 g/mol. The van der Waals surface area contributed by atoms with Crippen LogP contribution in [0.15, 0.2) is 24.3 Å². The number of para-hydroxylation sites is 1. The lowest BCUT2D eigenvalue weighted by molar-refractivity contribution is 0.344. The maximum atomic E-state index is 5.52. The van der Waals surface area contributed by atoms with E-state index in [2.05, 4.69) is 50.9 Å². The van der Waals surface area contributed by atoms with Crippen molar-refractivity contribution in [1.82, 2.24) is 19.7 Å². The average Bonchev–Trinajstić information content (AvgIpc) is 3.09. The molecule has 2 N–H and O–H groups in total. The van der Waals surface area contributed by atoms with Crippen molar-refractivity contribution in [2.75, 3.05) is 0 Å². The zero-order valence-corrected chi connectivity index (χ0v) is 14.2. The summed E-state index contributed by atoms with van der Waals surface area (Å²) >= 11 is 5.52. The second-order valence-electron chi connectivity index (χ2n) is 6.56. The number of nitrogens with zero attached hydrogens (tertiary/aromatic N) is 2. The van der Waals surface area contributed by atoms with Gasteiger partial charge in [0, 0.05) is 29.1 Å². The average molecular weight is 326 g/mol. The molecule has 0 amide bonds. The Morgan fingerprint density at radius 2 is 2.00 bits per heavy atom. The minimum absolute atomic E-state index is 0.510. The highest BCUT2D eigenvalue weighted by Crippen LogP contribution is 2.31. The van der Waals surface area contributed by atoms with Crippen molar-refractivity contribution in [2.24, 2.45) is 0 Å². The van der Waals surface area contributed by atoms with Gasteiger partial charge in [-0.25, -0.2) is 0 Å². The molecule has 2 heterocycles. The fraction of sp³-hybridized carbons (Fsp3) is 0.444. The van der Waals surface area contributed by atoms with Crippen molar-refractivity contribution in [3.05, 3.63) is 46.1 Å². The molecule has 1 aliphatic carbocycles. The minimum atomic E-state index is 0.510. The first-order valence-corrected chi connectivity index (χ1v) is 8.87. The van der Waals surface area contributed by atoms with Gasteiger partial charge in [0.25, 0.3) is 0 Å². The van der Waals surface area contributed by atoms with Gasteiger partial charge in [0.05, 0.1) is 0 Å². The number of fused-ring (bicyclic) bond motifs is 1. The summed E-state index contributed by atoms with van der Waals surface area (Å²) in [6.07, 6.45) is 7.19. The summed E-state index contributed by atoms with van der Waals surface area (Å²) in [6, 6.07) is 8.98. The molecule has 3 aromatic rings.